The predicted molar refractivity (Wildman–Crippen MR) is 105 cm³/mol. The number of aromatic amines is 1. The highest BCUT2D eigenvalue weighted by atomic mass is 32.2. The number of thioether (sulfide) groups is 1. The number of aromatic nitrogens is 4. The van der Waals surface area contributed by atoms with Crippen molar-refractivity contribution in [3.8, 4) is 5.69 Å². The fraction of sp³-hybridized carbons (Fsp3) is 0.150. The summed E-state index contributed by atoms with van der Waals surface area (Å²) in [4.78, 5) is 19.5. The molecule has 9 heteroatoms. The Morgan fingerprint density at radius 1 is 1.14 bits per heavy atom. The molecule has 29 heavy (non-hydrogen) atoms. The topological polar surface area (TPSA) is 63.6 Å². The number of halogens is 3. The number of H-pyrrole nitrogens is 1. The van der Waals surface area contributed by atoms with Gasteiger partial charge in [0.1, 0.15) is 5.39 Å². The van der Waals surface area contributed by atoms with E-state index in [0.29, 0.717) is 21.8 Å². The van der Waals surface area contributed by atoms with Gasteiger partial charge in [-0.3, -0.25) is 4.79 Å². The molecule has 0 aliphatic carbocycles. The molecular weight excluding hydrogens is 401 g/mol. The number of benzene rings is 2. The maximum Gasteiger partial charge on any atom is 0.416 e. The van der Waals surface area contributed by atoms with Crippen LogP contribution in [0.15, 0.2) is 64.7 Å². The SMILES string of the molecule is Cc1ccc(-n2ncc3c(=O)[nH]c(SCc4cccc(C(F)(F)F)c4)nc32)cc1. The molecule has 5 nitrogen and oxygen atoms in total. The largest absolute Gasteiger partial charge is 0.416 e. The zero-order valence-corrected chi connectivity index (χ0v) is 16.0. The number of fused-ring (bicyclic) bond motifs is 1. The predicted octanol–water partition coefficient (Wildman–Crippen LogP) is 4.73. The van der Waals surface area contributed by atoms with Crippen LogP contribution >= 0.6 is 11.8 Å². The molecule has 2 heterocycles. The first kappa shape index (κ1) is 19.3. The molecule has 4 aromatic rings. The molecule has 4 rings (SSSR count). The number of hydrogen-bond donors (Lipinski definition) is 1. The van der Waals surface area contributed by atoms with Gasteiger partial charge < -0.3 is 4.98 Å². The smallest absolute Gasteiger partial charge is 0.301 e. The summed E-state index contributed by atoms with van der Waals surface area (Å²) in [5.74, 6) is 0.233. The third kappa shape index (κ3) is 4.04. The molecule has 0 aliphatic rings. The van der Waals surface area contributed by atoms with Gasteiger partial charge in [0.2, 0.25) is 0 Å². The molecule has 0 radical (unpaired) electrons. The van der Waals surface area contributed by atoms with Crippen molar-refractivity contribution in [3.63, 3.8) is 0 Å². The second-order valence-electron chi connectivity index (χ2n) is 6.49. The number of hydrogen-bond acceptors (Lipinski definition) is 4. The Kier molecular flexibility index (Phi) is 4.91. The first-order valence-electron chi connectivity index (χ1n) is 8.65. The van der Waals surface area contributed by atoms with Crippen molar-refractivity contribution in [1.29, 1.82) is 0 Å². The highest BCUT2D eigenvalue weighted by Crippen LogP contribution is 2.31. The van der Waals surface area contributed by atoms with Crippen LogP contribution < -0.4 is 5.56 Å². The fourth-order valence-corrected chi connectivity index (χ4v) is 3.63. The van der Waals surface area contributed by atoms with Crippen molar-refractivity contribution in [1.82, 2.24) is 19.7 Å². The highest BCUT2D eigenvalue weighted by molar-refractivity contribution is 7.98. The summed E-state index contributed by atoms with van der Waals surface area (Å²) in [6, 6.07) is 12.7. The first-order chi connectivity index (χ1) is 13.8. The van der Waals surface area contributed by atoms with E-state index in [1.807, 2.05) is 31.2 Å². The van der Waals surface area contributed by atoms with Crippen LogP contribution in [0.2, 0.25) is 0 Å². The van der Waals surface area contributed by atoms with Gasteiger partial charge in [0.05, 0.1) is 17.4 Å². The van der Waals surface area contributed by atoms with E-state index in [0.717, 1.165) is 35.1 Å². The van der Waals surface area contributed by atoms with Crippen LogP contribution in [0.4, 0.5) is 13.2 Å². The summed E-state index contributed by atoms with van der Waals surface area (Å²) >= 11 is 1.16. The van der Waals surface area contributed by atoms with E-state index in [4.69, 9.17) is 0 Å². The Morgan fingerprint density at radius 3 is 2.62 bits per heavy atom. The summed E-state index contributed by atoms with van der Waals surface area (Å²) in [7, 11) is 0. The lowest BCUT2D eigenvalue weighted by Crippen LogP contribution is -2.10. The lowest BCUT2D eigenvalue weighted by atomic mass is 10.1. The van der Waals surface area contributed by atoms with Crippen LogP contribution in [0.3, 0.4) is 0 Å². The summed E-state index contributed by atoms with van der Waals surface area (Å²) < 4.78 is 40.2. The summed E-state index contributed by atoms with van der Waals surface area (Å²) in [5, 5.41) is 4.91. The van der Waals surface area contributed by atoms with E-state index in [-0.39, 0.29) is 11.3 Å². The Morgan fingerprint density at radius 2 is 1.90 bits per heavy atom. The monoisotopic (exact) mass is 416 g/mol. The minimum atomic E-state index is -4.40. The molecule has 1 N–H and O–H groups in total. The molecular formula is C20H15F3N4OS. The summed E-state index contributed by atoms with van der Waals surface area (Å²) in [6.07, 6.45) is -2.95. The maximum atomic E-state index is 12.9. The minimum Gasteiger partial charge on any atom is -0.301 e. The highest BCUT2D eigenvalue weighted by Gasteiger charge is 2.30. The molecule has 0 bridgehead atoms. The van der Waals surface area contributed by atoms with Crippen molar-refractivity contribution in [2.45, 2.75) is 24.0 Å². The van der Waals surface area contributed by atoms with Gasteiger partial charge in [0, 0.05) is 5.75 Å². The van der Waals surface area contributed by atoms with E-state index in [2.05, 4.69) is 15.1 Å². The standard InChI is InChI=1S/C20H15F3N4OS/c1-12-5-7-15(8-6-12)27-17-16(10-24-27)18(28)26-19(25-17)29-11-13-3-2-4-14(9-13)20(21,22)23/h2-10H,11H2,1H3,(H,25,26,28). The Balaban J connectivity index is 1.64. The van der Waals surface area contributed by atoms with E-state index in [1.165, 1.54) is 12.3 Å². The lowest BCUT2D eigenvalue weighted by Gasteiger charge is -2.08. The fourth-order valence-electron chi connectivity index (χ4n) is 2.83. The van der Waals surface area contributed by atoms with Gasteiger partial charge in [-0.1, -0.05) is 47.7 Å². The van der Waals surface area contributed by atoms with Gasteiger partial charge in [-0.25, -0.2) is 9.67 Å². The van der Waals surface area contributed by atoms with Gasteiger partial charge in [-0.15, -0.1) is 0 Å². The quantitative estimate of drug-likeness (QED) is 0.386. The molecule has 2 aromatic heterocycles. The normalized spacial score (nSPS) is 11.9. The van der Waals surface area contributed by atoms with Crippen molar-refractivity contribution in [3.05, 3.63) is 81.8 Å². The molecule has 0 atom stereocenters. The van der Waals surface area contributed by atoms with E-state index in [9.17, 15) is 18.0 Å². The van der Waals surface area contributed by atoms with Gasteiger partial charge in [-0.05, 0) is 30.7 Å². The van der Waals surface area contributed by atoms with Gasteiger partial charge in [0.25, 0.3) is 5.56 Å². The number of alkyl halides is 3. The van der Waals surface area contributed by atoms with Crippen LogP contribution in [0.25, 0.3) is 16.7 Å². The van der Waals surface area contributed by atoms with Crippen molar-refractivity contribution >= 4 is 22.8 Å². The van der Waals surface area contributed by atoms with Gasteiger partial charge in [0.15, 0.2) is 10.8 Å². The molecule has 0 aliphatic heterocycles. The number of rotatable bonds is 4. The van der Waals surface area contributed by atoms with E-state index < -0.39 is 11.7 Å². The van der Waals surface area contributed by atoms with Crippen molar-refractivity contribution < 1.29 is 13.2 Å². The Hall–Kier alpha value is -3.07. The maximum absolute atomic E-state index is 12.9. The van der Waals surface area contributed by atoms with Crippen LogP contribution in [0.5, 0.6) is 0 Å². The molecule has 0 amide bonds. The van der Waals surface area contributed by atoms with Crippen LogP contribution in [0.1, 0.15) is 16.7 Å². The second-order valence-corrected chi connectivity index (χ2v) is 7.45. The average Bonchev–Trinajstić information content (AvgIpc) is 3.11. The van der Waals surface area contributed by atoms with Crippen molar-refractivity contribution in [2.75, 3.05) is 0 Å². The zero-order valence-electron chi connectivity index (χ0n) is 15.2. The third-order valence-electron chi connectivity index (χ3n) is 4.32. The van der Waals surface area contributed by atoms with E-state index in [1.54, 1.807) is 10.7 Å². The molecule has 148 valence electrons. The zero-order chi connectivity index (χ0) is 20.6. The van der Waals surface area contributed by atoms with Gasteiger partial charge >= 0.3 is 6.18 Å². The van der Waals surface area contributed by atoms with Crippen LogP contribution in [-0.2, 0) is 11.9 Å². The average molecular weight is 416 g/mol. The van der Waals surface area contributed by atoms with Gasteiger partial charge in [-0.2, -0.15) is 18.3 Å². The number of aryl methyl sites for hydroxylation is 1. The van der Waals surface area contributed by atoms with Crippen LogP contribution in [-0.4, -0.2) is 19.7 Å². The second kappa shape index (κ2) is 7.40. The Labute approximate surface area is 167 Å². The molecule has 0 saturated carbocycles. The number of nitrogens with zero attached hydrogens (tertiary/aromatic N) is 3. The first-order valence-corrected chi connectivity index (χ1v) is 9.64. The molecule has 0 unspecified atom stereocenters. The summed E-state index contributed by atoms with van der Waals surface area (Å²) in [6.45, 7) is 1.97. The lowest BCUT2D eigenvalue weighted by molar-refractivity contribution is -0.137. The van der Waals surface area contributed by atoms with E-state index >= 15 is 0 Å². The molecule has 0 fully saturated rings. The third-order valence-corrected chi connectivity index (χ3v) is 5.27. The minimum absolute atomic E-state index is 0.233. The molecule has 0 spiro atoms. The van der Waals surface area contributed by atoms with Crippen molar-refractivity contribution in [2.24, 2.45) is 0 Å². The molecule has 0 saturated heterocycles. The van der Waals surface area contributed by atoms with Crippen LogP contribution in [0, 0.1) is 6.92 Å². The summed E-state index contributed by atoms with van der Waals surface area (Å²) in [5.41, 5.74) is 1.68. The Bertz CT molecular complexity index is 1230. The number of nitrogens with one attached hydrogen (secondary N) is 1. The molecule has 2 aromatic carbocycles.